The molecule has 1 aromatic carbocycles. The highest BCUT2D eigenvalue weighted by molar-refractivity contribution is 5.84. The zero-order valence-electron chi connectivity index (χ0n) is 19.7. The van der Waals surface area contributed by atoms with E-state index >= 15 is 0 Å². The van der Waals surface area contributed by atoms with Gasteiger partial charge < -0.3 is 24.2 Å². The molecule has 1 aromatic heterocycles. The van der Waals surface area contributed by atoms with Crippen LogP contribution in [0.15, 0.2) is 24.3 Å². The molecule has 0 N–H and O–H groups in total. The van der Waals surface area contributed by atoms with Crippen molar-refractivity contribution in [2.45, 2.75) is 39.2 Å². The third-order valence-electron chi connectivity index (χ3n) is 6.44. The minimum Gasteiger partial charge on any atom is -0.497 e. The van der Waals surface area contributed by atoms with Crippen molar-refractivity contribution >= 4 is 28.5 Å². The van der Waals surface area contributed by atoms with Crippen molar-refractivity contribution in [2.75, 3.05) is 57.9 Å². The van der Waals surface area contributed by atoms with Gasteiger partial charge in [-0.15, -0.1) is 0 Å². The number of hydrogen-bond acceptors (Lipinski definition) is 6. The summed E-state index contributed by atoms with van der Waals surface area (Å²) >= 11 is 0. The molecule has 2 aliphatic rings. The Morgan fingerprint density at radius 1 is 1.21 bits per heavy atom. The fourth-order valence-corrected chi connectivity index (χ4v) is 4.59. The number of nitrogens with zero attached hydrogens (tertiary/aromatic N) is 4. The smallest absolute Gasteiger partial charge is 0.222 e. The molecule has 0 spiro atoms. The molecule has 2 fully saturated rings. The summed E-state index contributed by atoms with van der Waals surface area (Å²) in [6, 6.07) is 8.04. The first kappa shape index (κ1) is 23.3. The Bertz CT molecular complexity index is 990. The van der Waals surface area contributed by atoms with E-state index in [1.165, 1.54) is 0 Å². The highest BCUT2D eigenvalue weighted by Crippen LogP contribution is 2.28. The van der Waals surface area contributed by atoms with Gasteiger partial charge in [0.15, 0.2) is 0 Å². The summed E-state index contributed by atoms with van der Waals surface area (Å²) in [5, 5.41) is 1.02. The zero-order valence-corrected chi connectivity index (χ0v) is 19.7. The minimum atomic E-state index is 0.116. The number of carbonyl (C=O) groups is 2. The molecule has 0 saturated carbocycles. The average Bonchev–Trinajstić information content (AvgIpc) is 3.27. The number of rotatable bonds is 9. The van der Waals surface area contributed by atoms with Crippen LogP contribution in [0, 0.1) is 0 Å². The zero-order chi connectivity index (χ0) is 23.2. The maximum atomic E-state index is 12.8. The normalized spacial score (nSPS) is 16.5. The van der Waals surface area contributed by atoms with Crippen molar-refractivity contribution in [3.63, 3.8) is 0 Å². The topological polar surface area (TPSA) is 75.2 Å². The summed E-state index contributed by atoms with van der Waals surface area (Å²) in [4.78, 5) is 35.8. The average molecular weight is 455 g/mol. The van der Waals surface area contributed by atoms with Crippen molar-refractivity contribution in [2.24, 2.45) is 0 Å². The largest absolute Gasteiger partial charge is 0.497 e. The first-order valence-electron chi connectivity index (χ1n) is 11.9. The van der Waals surface area contributed by atoms with E-state index in [-0.39, 0.29) is 11.8 Å². The molecule has 0 radical (unpaired) electrons. The number of aromatic nitrogens is 1. The highest BCUT2D eigenvalue weighted by atomic mass is 16.5. The van der Waals surface area contributed by atoms with Crippen LogP contribution in [0.2, 0.25) is 0 Å². The number of fused-ring (bicyclic) bond motifs is 1. The van der Waals surface area contributed by atoms with Crippen LogP contribution in [0.25, 0.3) is 10.9 Å². The van der Waals surface area contributed by atoms with Crippen LogP contribution in [0.4, 0.5) is 5.82 Å². The van der Waals surface area contributed by atoms with Crippen molar-refractivity contribution in [3.8, 4) is 5.75 Å². The van der Waals surface area contributed by atoms with E-state index in [0.717, 1.165) is 60.5 Å². The molecular formula is C25H34N4O4. The third kappa shape index (κ3) is 5.55. The Kier molecular flexibility index (Phi) is 7.65. The van der Waals surface area contributed by atoms with Gasteiger partial charge in [-0.3, -0.25) is 9.59 Å². The van der Waals surface area contributed by atoms with E-state index in [0.29, 0.717) is 45.7 Å². The molecular weight excluding hydrogens is 420 g/mol. The van der Waals surface area contributed by atoms with E-state index in [9.17, 15) is 9.59 Å². The fourth-order valence-electron chi connectivity index (χ4n) is 4.59. The van der Waals surface area contributed by atoms with Crippen LogP contribution >= 0.6 is 0 Å². The first-order valence-corrected chi connectivity index (χ1v) is 11.9. The van der Waals surface area contributed by atoms with Gasteiger partial charge in [-0.25, -0.2) is 4.98 Å². The highest BCUT2D eigenvalue weighted by Gasteiger charge is 2.23. The molecule has 2 saturated heterocycles. The second kappa shape index (κ2) is 10.8. The van der Waals surface area contributed by atoms with Gasteiger partial charge >= 0.3 is 0 Å². The Hall–Kier alpha value is -2.87. The summed E-state index contributed by atoms with van der Waals surface area (Å²) in [7, 11) is 1.66. The number of anilines is 1. The molecule has 2 amide bonds. The lowest BCUT2D eigenvalue weighted by molar-refractivity contribution is -0.131. The van der Waals surface area contributed by atoms with E-state index < -0.39 is 0 Å². The van der Waals surface area contributed by atoms with Crippen LogP contribution in [-0.4, -0.2) is 79.6 Å². The monoisotopic (exact) mass is 454 g/mol. The second-order valence-electron chi connectivity index (χ2n) is 8.64. The number of benzene rings is 1. The molecule has 33 heavy (non-hydrogen) atoms. The Balaban J connectivity index is 1.58. The van der Waals surface area contributed by atoms with Crippen LogP contribution in [0.5, 0.6) is 5.75 Å². The van der Waals surface area contributed by atoms with E-state index in [2.05, 4.69) is 11.0 Å². The van der Waals surface area contributed by atoms with Crippen LogP contribution in [0.3, 0.4) is 0 Å². The van der Waals surface area contributed by atoms with Crippen LogP contribution in [-0.2, 0) is 20.9 Å². The van der Waals surface area contributed by atoms with Gasteiger partial charge in [-0.05, 0) is 31.0 Å². The maximum absolute atomic E-state index is 12.8. The Labute approximate surface area is 195 Å². The molecule has 0 unspecified atom stereocenters. The lowest BCUT2D eigenvalue weighted by Crippen LogP contribution is -2.38. The predicted molar refractivity (Wildman–Crippen MR) is 127 cm³/mol. The van der Waals surface area contributed by atoms with Gasteiger partial charge in [-0.2, -0.15) is 0 Å². The number of pyridine rings is 1. The summed E-state index contributed by atoms with van der Waals surface area (Å²) in [5.74, 6) is 2.02. The molecule has 0 aliphatic carbocycles. The summed E-state index contributed by atoms with van der Waals surface area (Å²) in [6.07, 6.45) is 2.82. The number of carbonyl (C=O) groups excluding carboxylic acids is 2. The number of methoxy groups -OCH3 is 1. The standard InChI is InChI=1S/C25H34N4O4/c1-3-23(30)29(11-5-10-27-9-4-6-24(27)31)18-20-16-19-7-8-21(32-2)17-22(19)26-25(20)28-12-14-33-15-13-28/h7-8,16-17H,3-6,9-15,18H2,1-2H3. The van der Waals surface area contributed by atoms with Crippen molar-refractivity contribution < 1.29 is 19.1 Å². The van der Waals surface area contributed by atoms with Crippen molar-refractivity contribution in [1.29, 1.82) is 0 Å². The lowest BCUT2D eigenvalue weighted by atomic mass is 10.1. The van der Waals surface area contributed by atoms with Gasteiger partial charge in [-0.1, -0.05) is 6.92 Å². The number of likely N-dealkylation sites (tertiary alicyclic amines) is 1. The van der Waals surface area contributed by atoms with E-state index in [1.54, 1.807) is 7.11 Å². The van der Waals surface area contributed by atoms with Gasteiger partial charge in [0.1, 0.15) is 11.6 Å². The molecule has 8 nitrogen and oxygen atoms in total. The van der Waals surface area contributed by atoms with Crippen molar-refractivity contribution in [3.05, 3.63) is 29.8 Å². The molecule has 3 heterocycles. The molecule has 0 atom stereocenters. The SMILES string of the molecule is CCC(=O)N(CCCN1CCCC1=O)Cc1cc2ccc(OC)cc2nc1N1CCOCC1. The van der Waals surface area contributed by atoms with Gasteiger partial charge in [0, 0.05) is 69.1 Å². The predicted octanol–water partition coefficient (Wildman–Crippen LogP) is 2.83. The molecule has 178 valence electrons. The minimum absolute atomic E-state index is 0.116. The molecule has 2 aliphatic heterocycles. The molecule has 8 heteroatoms. The molecule has 2 aromatic rings. The van der Waals surface area contributed by atoms with Crippen LogP contribution < -0.4 is 9.64 Å². The fraction of sp³-hybridized carbons (Fsp3) is 0.560. The first-order chi connectivity index (χ1) is 16.1. The second-order valence-corrected chi connectivity index (χ2v) is 8.64. The Morgan fingerprint density at radius 3 is 2.73 bits per heavy atom. The molecule has 0 bridgehead atoms. The van der Waals surface area contributed by atoms with Crippen molar-refractivity contribution in [1.82, 2.24) is 14.8 Å². The molecule has 4 rings (SSSR count). The maximum Gasteiger partial charge on any atom is 0.222 e. The Morgan fingerprint density at radius 2 is 2.03 bits per heavy atom. The van der Waals surface area contributed by atoms with E-state index in [1.807, 2.05) is 34.9 Å². The summed E-state index contributed by atoms with van der Waals surface area (Å²) < 4.78 is 10.9. The summed E-state index contributed by atoms with van der Waals surface area (Å²) in [6.45, 7) is 7.44. The van der Waals surface area contributed by atoms with Gasteiger partial charge in [0.2, 0.25) is 11.8 Å². The lowest BCUT2D eigenvalue weighted by Gasteiger charge is -2.31. The number of ether oxygens (including phenoxy) is 2. The van der Waals surface area contributed by atoms with Crippen LogP contribution in [0.1, 0.15) is 38.2 Å². The number of amides is 2. The van der Waals surface area contributed by atoms with Gasteiger partial charge in [0.05, 0.1) is 25.8 Å². The third-order valence-corrected chi connectivity index (χ3v) is 6.44. The quantitative estimate of drug-likeness (QED) is 0.580. The van der Waals surface area contributed by atoms with Gasteiger partial charge in [0.25, 0.3) is 0 Å². The summed E-state index contributed by atoms with van der Waals surface area (Å²) in [5.41, 5.74) is 1.91. The number of morpholine rings is 1. The number of hydrogen-bond donors (Lipinski definition) is 0. The van der Waals surface area contributed by atoms with E-state index in [4.69, 9.17) is 14.5 Å².